The molecule has 21 heavy (non-hydrogen) atoms. The normalized spacial score (nSPS) is 10.5. The molecule has 118 valence electrons. The maximum atomic E-state index is 10.8. The van der Waals surface area contributed by atoms with Crippen LogP contribution < -0.4 is 10.5 Å². The minimum absolute atomic E-state index is 0.0924. The molecule has 0 spiro atoms. The lowest BCUT2D eigenvalue weighted by Crippen LogP contribution is -2.13. The molecule has 0 aliphatic carbocycles. The first-order chi connectivity index (χ1) is 10.1. The largest absolute Gasteiger partial charge is 0.477 e. The number of rotatable bonds is 11. The standard InChI is InChI=1S/C13H20N2O6/c1-18-4-5-19-6-7-20-8-9-21-12-10(14)2-3-11(15-12)13(16)17/h2-3H,4-9,14H2,1H3,(H,16,17). The Bertz CT molecular complexity index is 441. The van der Waals surface area contributed by atoms with Crippen molar-refractivity contribution in [2.24, 2.45) is 0 Å². The van der Waals surface area contributed by atoms with Crippen LogP contribution in [0, 0.1) is 0 Å². The number of carbonyl (C=O) groups is 1. The highest BCUT2D eigenvalue weighted by atomic mass is 16.6. The van der Waals surface area contributed by atoms with Gasteiger partial charge in [0.05, 0.1) is 38.7 Å². The second-order valence-electron chi connectivity index (χ2n) is 3.96. The van der Waals surface area contributed by atoms with Crippen molar-refractivity contribution in [3.05, 3.63) is 17.8 Å². The Morgan fingerprint density at radius 3 is 2.38 bits per heavy atom. The first-order valence-corrected chi connectivity index (χ1v) is 6.42. The van der Waals surface area contributed by atoms with Gasteiger partial charge >= 0.3 is 5.97 Å². The first-order valence-electron chi connectivity index (χ1n) is 6.42. The summed E-state index contributed by atoms with van der Waals surface area (Å²) in [6, 6.07) is 2.76. The lowest BCUT2D eigenvalue weighted by atomic mass is 10.3. The zero-order chi connectivity index (χ0) is 15.5. The topological polar surface area (TPSA) is 113 Å². The van der Waals surface area contributed by atoms with E-state index in [2.05, 4.69) is 4.98 Å². The molecule has 0 aliphatic heterocycles. The molecule has 1 rings (SSSR count). The molecule has 0 bridgehead atoms. The molecule has 8 nitrogen and oxygen atoms in total. The molecule has 1 aromatic heterocycles. The van der Waals surface area contributed by atoms with Crippen molar-refractivity contribution < 1.29 is 28.8 Å². The predicted molar refractivity (Wildman–Crippen MR) is 74.6 cm³/mol. The molecule has 0 fully saturated rings. The molecular formula is C13H20N2O6. The number of carboxylic acid groups (broad SMARTS) is 1. The number of methoxy groups -OCH3 is 1. The number of aromatic nitrogens is 1. The average Bonchev–Trinajstić information content (AvgIpc) is 2.47. The summed E-state index contributed by atoms with van der Waals surface area (Å²) in [6.07, 6.45) is 0. The van der Waals surface area contributed by atoms with Crippen molar-refractivity contribution in [1.82, 2.24) is 4.98 Å². The molecule has 0 atom stereocenters. The van der Waals surface area contributed by atoms with E-state index in [1.54, 1.807) is 7.11 Å². The van der Waals surface area contributed by atoms with Gasteiger partial charge in [-0.1, -0.05) is 0 Å². The van der Waals surface area contributed by atoms with Crippen LogP contribution in [-0.4, -0.2) is 62.8 Å². The highest BCUT2D eigenvalue weighted by Crippen LogP contribution is 2.18. The predicted octanol–water partition coefficient (Wildman–Crippen LogP) is 0.420. The smallest absolute Gasteiger partial charge is 0.354 e. The molecule has 0 aliphatic rings. The van der Waals surface area contributed by atoms with Crippen LogP contribution in [0.1, 0.15) is 10.5 Å². The minimum Gasteiger partial charge on any atom is -0.477 e. The van der Waals surface area contributed by atoms with Crippen molar-refractivity contribution in [3.8, 4) is 5.88 Å². The van der Waals surface area contributed by atoms with Crippen LogP contribution in [0.25, 0.3) is 0 Å². The zero-order valence-electron chi connectivity index (χ0n) is 11.9. The Balaban J connectivity index is 2.18. The highest BCUT2D eigenvalue weighted by molar-refractivity contribution is 5.86. The Labute approximate surface area is 122 Å². The molecule has 0 aromatic carbocycles. The zero-order valence-corrected chi connectivity index (χ0v) is 11.9. The second-order valence-corrected chi connectivity index (χ2v) is 3.96. The molecule has 1 heterocycles. The third-order valence-electron chi connectivity index (χ3n) is 2.38. The number of nitrogens with two attached hydrogens (primary N) is 1. The van der Waals surface area contributed by atoms with Crippen LogP contribution in [-0.2, 0) is 14.2 Å². The van der Waals surface area contributed by atoms with E-state index in [0.717, 1.165) is 0 Å². The molecule has 0 radical (unpaired) electrons. The van der Waals surface area contributed by atoms with E-state index in [-0.39, 0.29) is 23.9 Å². The number of pyridine rings is 1. The fraction of sp³-hybridized carbons (Fsp3) is 0.538. The Kier molecular flexibility index (Phi) is 8.10. The van der Waals surface area contributed by atoms with E-state index in [4.69, 9.17) is 29.8 Å². The fourth-order valence-corrected chi connectivity index (χ4v) is 1.35. The molecule has 0 saturated heterocycles. The van der Waals surface area contributed by atoms with Gasteiger partial charge in [-0.2, -0.15) is 0 Å². The summed E-state index contributed by atoms with van der Waals surface area (Å²) in [5.41, 5.74) is 5.81. The van der Waals surface area contributed by atoms with Gasteiger partial charge in [-0.3, -0.25) is 0 Å². The van der Waals surface area contributed by atoms with Crippen LogP contribution >= 0.6 is 0 Å². The Morgan fingerprint density at radius 2 is 1.76 bits per heavy atom. The Hall–Kier alpha value is -1.90. The van der Waals surface area contributed by atoms with Crippen LogP contribution in [0.3, 0.4) is 0 Å². The number of ether oxygens (including phenoxy) is 4. The van der Waals surface area contributed by atoms with Gasteiger partial charge in [0.1, 0.15) is 6.61 Å². The van der Waals surface area contributed by atoms with E-state index >= 15 is 0 Å². The molecular weight excluding hydrogens is 280 g/mol. The highest BCUT2D eigenvalue weighted by Gasteiger charge is 2.09. The molecule has 8 heteroatoms. The molecule has 0 amide bonds. The van der Waals surface area contributed by atoms with Crippen LogP contribution in [0.4, 0.5) is 5.69 Å². The van der Waals surface area contributed by atoms with Gasteiger partial charge in [0.2, 0.25) is 5.88 Å². The number of nitrogens with zero attached hydrogens (tertiary/aromatic N) is 1. The van der Waals surface area contributed by atoms with Crippen LogP contribution in [0.2, 0.25) is 0 Å². The number of carboxylic acids is 1. The quantitative estimate of drug-likeness (QED) is 0.565. The molecule has 0 unspecified atom stereocenters. The summed E-state index contributed by atoms with van der Waals surface area (Å²) in [5.74, 6) is -1.04. The van der Waals surface area contributed by atoms with Crippen molar-refractivity contribution in [3.63, 3.8) is 0 Å². The number of nitrogen functional groups attached to an aromatic ring is 1. The summed E-state index contributed by atoms with van der Waals surface area (Å²) < 4.78 is 20.6. The minimum atomic E-state index is -1.13. The van der Waals surface area contributed by atoms with Gasteiger partial charge in [0.25, 0.3) is 0 Å². The molecule has 1 aromatic rings. The fourth-order valence-electron chi connectivity index (χ4n) is 1.35. The maximum absolute atomic E-state index is 10.8. The summed E-state index contributed by atoms with van der Waals surface area (Å²) in [6.45, 7) is 2.53. The van der Waals surface area contributed by atoms with Crippen molar-refractivity contribution in [2.45, 2.75) is 0 Å². The van der Waals surface area contributed by atoms with E-state index in [9.17, 15) is 4.79 Å². The second kappa shape index (κ2) is 9.92. The third-order valence-corrected chi connectivity index (χ3v) is 2.38. The molecule has 0 saturated carbocycles. The number of hydrogen-bond acceptors (Lipinski definition) is 7. The Morgan fingerprint density at radius 1 is 1.14 bits per heavy atom. The van der Waals surface area contributed by atoms with Crippen LogP contribution in [0.15, 0.2) is 12.1 Å². The first kappa shape index (κ1) is 17.2. The van der Waals surface area contributed by atoms with Gasteiger partial charge < -0.3 is 29.8 Å². The van der Waals surface area contributed by atoms with E-state index in [1.807, 2.05) is 0 Å². The lowest BCUT2D eigenvalue weighted by Gasteiger charge is -2.09. The van der Waals surface area contributed by atoms with Gasteiger partial charge in [-0.15, -0.1) is 0 Å². The SMILES string of the molecule is COCCOCCOCCOc1nc(C(=O)O)ccc1N. The van der Waals surface area contributed by atoms with Gasteiger partial charge in [-0.25, -0.2) is 9.78 Å². The van der Waals surface area contributed by atoms with Gasteiger partial charge in [-0.05, 0) is 12.1 Å². The van der Waals surface area contributed by atoms with E-state index in [0.29, 0.717) is 33.0 Å². The summed E-state index contributed by atoms with van der Waals surface area (Å²) in [7, 11) is 1.61. The lowest BCUT2D eigenvalue weighted by molar-refractivity contribution is 0.0177. The average molecular weight is 300 g/mol. The number of hydrogen-bond donors (Lipinski definition) is 2. The van der Waals surface area contributed by atoms with Crippen molar-refractivity contribution in [1.29, 1.82) is 0 Å². The van der Waals surface area contributed by atoms with Gasteiger partial charge in [0, 0.05) is 7.11 Å². The summed E-state index contributed by atoms with van der Waals surface area (Å²) in [4.78, 5) is 14.6. The third kappa shape index (κ3) is 6.89. The van der Waals surface area contributed by atoms with Crippen molar-refractivity contribution in [2.75, 3.05) is 52.5 Å². The number of anilines is 1. The number of aromatic carboxylic acids is 1. The van der Waals surface area contributed by atoms with E-state index < -0.39 is 5.97 Å². The molecule has 3 N–H and O–H groups in total. The van der Waals surface area contributed by atoms with Gasteiger partial charge in [0.15, 0.2) is 5.69 Å². The summed E-state index contributed by atoms with van der Waals surface area (Å²) in [5, 5.41) is 8.82. The van der Waals surface area contributed by atoms with Crippen molar-refractivity contribution >= 4 is 11.7 Å². The van der Waals surface area contributed by atoms with E-state index in [1.165, 1.54) is 12.1 Å². The maximum Gasteiger partial charge on any atom is 0.354 e. The monoisotopic (exact) mass is 300 g/mol. The van der Waals surface area contributed by atoms with Crippen LogP contribution in [0.5, 0.6) is 5.88 Å². The summed E-state index contributed by atoms with van der Waals surface area (Å²) >= 11 is 0.